The number of hydrogen-bond donors (Lipinski definition) is 2. The molecule has 0 aliphatic heterocycles. The SMILES string of the molecule is COCC(COCC(=O)NCCCOCC(C)C(N)=O)OC. The van der Waals surface area contributed by atoms with Gasteiger partial charge in [-0.2, -0.15) is 0 Å². The molecule has 0 aromatic heterocycles. The van der Waals surface area contributed by atoms with E-state index in [0.29, 0.717) is 39.4 Å². The summed E-state index contributed by atoms with van der Waals surface area (Å²) in [5.74, 6) is -0.880. The fraction of sp³-hybridized carbons (Fsp3) is 0.857. The van der Waals surface area contributed by atoms with E-state index in [1.807, 2.05) is 0 Å². The van der Waals surface area contributed by atoms with E-state index >= 15 is 0 Å². The van der Waals surface area contributed by atoms with Crippen LogP contribution in [0.5, 0.6) is 0 Å². The first-order valence-corrected chi connectivity index (χ1v) is 7.24. The molecule has 0 bridgehead atoms. The van der Waals surface area contributed by atoms with Crippen molar-refractivity contribution < 1.29 is 28.5 Å². The van der Waals surface area contributed by atoms with Gasteiger partial charge >= 0.3 is 0 Å². The third-order valence-corrected chi connectivity index (χ3v) is 2.86. The number of nitrogens with one attached hydrogen (secondary N) is 1. The molecule has 0 aromatic rings. The monoisotopic (exact) mass is 320 g/mol. The largest absolute Gasteiger partial charge is 0.382 e. The standard InChI is InChI=1S/C14H28N2O6/c1-11(14(15)18)7-21-6-4-5-16-13(17)10-22-9-12(20-3)8-19-2/h11-12H,4-10H2,1-3H3,(H2,15,18)(H,16,17). The Morgan fingerprint density at radius 1 is 1.14 bits per heavy atom. The summed E-state index contributed by atoms with van der Waals surface area (Å²) >= 11 is 0. The number of rotatable bonds is 14. The van der Waals surface area contributed by atoms with Gasteiger partial charge in [0.05, 0.1) is 25.7 Å². The molecule has 0 aliphatic carbocycles. The Hall–Kier alpha value is -1.22. The van der Waals surface area contributed by atoms with Crippen LogP contribution in [0, 0.1) is 5.92 Å². The molecule has 8 heteroatoms. The topological polar surface area (TPSA) is 109 Å². The van der Waals surface area contributed by atoms with E-state index in [1.165, 1.54) is 0 Å². The fourth-order valence-electron chi connectivity index (χ4n) is 1.45. The zero-order valence-electron chi connectivity index (χ0n) is 13.6. The molecule has 22 heavy (non-hydrogen) atoms. The Balaban J connectivity index is 3.48. The zero-order valence-corrected chi connectivity index (χ0v) is 13.6. The lowest BCUT2D eigenvalue weighted by Crippen LogP contribution is -2.32. The van der Waals surface area contributed by atoms with E-state index in [4.69, 9.17) is 24.7 Å². The number of nitrogens with two attached hydrogens (primary N) is 1. The minimum atomic E-state index is -0.381. The fourth-order valence-corrected chi connectivity index (χ4v) is 1.45. The molecule has 2 amide bonds. The zero-order chi connectivity index (χ0) is 16.8. The molecule has 0 aromatic carbocycles. The maximum absolute atomic E-state index is 11.5. The number of primary amides is 1. The summed E-state index contributed by atoms with van der Waals surface area (Å²) in [6.07, 6.45) is 0.472. The highest BCUT2D eigenvalue weighted by Gasteiger charge is 2.09. The number of carbonyl (C=O) groups excluding carboxylic acids is 2. The second-order valence-electron chi connectivity index (χ2n) is 4.91. The van der Waals surface area contributed by atoms with Crippen LogP contribution >= 0.6 is 0 Å². The summed E-state index contributed by atoms with van der Waals surface area (Å²) in [6.45, 7) is 3.63. The molecule has 0 saturated heterocycles. The van der Waals surface area contributed by atoms with Crippen LogP contribution in [-0.2, 0) is 28.5 Å². The molecular weight excluding hydrogens is 292 g/mol. The lowest BCUT2D eigenvalue weighted by Gasteiger charge is -2.14. The molecule has 3 N–H and O–H groups in total. The van der Waals surface area contributed by atoms with Gasteiger partial charge in [0.25, 0.3) is 0 Å². The summed E-state index contributed by atoms with van der Waals surface area (Å²) in [5.41, 5.74) is 5.11. The lowest BCUT2D eigenvalue weighted by atomic mass is 10.2. The Morgan fingerprint density at radius 2 is 1.86 bits per heavy atom. The Bertz CT molecular complexity index is 314. The van der Waals surface area contributed by atoms with Crippen molar-refractivity contribution in [2.24, 2.45) is 11.7 Å². The molecule has 0 fully saturated rings. The maximum Gasteiger partial charge on any atom is 0.246 e. The second-order valence-corrected chi connectivity index (χ2v) is 4.91. The highest BCUT2D eigenvalue weighted by molar-refractivity contribution is 5.77. The minimum Gasteiger partial charge on any atom is -0.382 e. The minimum absolute atomic E-state index is 0.0247. The molecule has 8 nitrogen and oxygen atoms in total. The third-order valence-electron chi connectivity index (χ3n) is 2.86. The molecule has 0 rings (SSSR count). The predicted octanol–water partition coefficient (Wildman–Crippen LogP) is -0.691. The molecule has 0 saturated carbocycles. The summed E-state index contributed by atoms with van der Waals surface area (Å²) in [4.78, 5) is 22.3. The van der Waals surface area contributed by atoms with Gasteiger partial charge in [0.15, 0.2) is 0 Å². The van der Waals surface area contributed by atoms with Crippen molar-refractivity contribution in [3.63, 3.8) is 0 Å². The first-order chi connectivity index (χ1) is 10.5. The van der Waals surface area contributed by atoms with Crippen molar-refractivity contribution in [1.82, 2.24) is 5.32 Å². The van der Waals surface area contributed by atoms with E-state index < -0.39 is 0 Å². The van der Waals surface area contributed by atoms with Gasteiger partial charge in [0, 0.05) is 27.4 Å². The highest BCUT2D eigenvalue weighted by Crippen LogP contribution is 1.95. The average Bonchev–Trinajstić information content (AvgIpc) is 2.49. The normalized spacial score (nSPS) is 13.6. The van der Waals surface area contributed by atoms with Crippen LogP contribution in [-0.4, -0.2) is 71.7 Å². The van der Waals surface area contributed by atoms with Crippen molar-refractivity contribution in [3.05, 3.63) is 0 Å². The Labute approximate surface area is 131 Å². The molecule has 0 radical (unpaired) electrons. The van der Waals surface area contributed by atoms with Crippen molar-refractivity contribution in [2.45, 2.75) is 19.4 Å². The number of carbonyl (C=O) groups is 2. The van der Waals surface area contributed by atoms with Gasteiger partial charge in [0.2, 0.25) is 11.8 Å². The second kappa shape index (κ2) is 13.4. The van der Waals surface area contributed by atoms with Crippen molar-refractivity contribution >= 4 is 11.8 Å². The van der Waals surface area contributed by atoms with Crippen LogP contribution in [0.2, 0.25) is 0 Å². The summed E-state index contributed by atoms with van der Waals surface area (Å²) < 4.78 is 20.6. The van der Waals surface area contributed by atoms with Gasteiger partial charge in [-0.25, -0.2) is 0 Å². The van der Waals surface area contributed by atoms with Crippen LogP contribution in [0.25, 0.3) is 0 Å². The van der Waals surface area contributed by atoms with E-state index in [1.54, 1.807) is 21.1 Å². The number of methoxy groups -OCH3 is 2. The van der Waals surface area contributed by atoms with Crippen LogP contribution in [0.4, 0.5) is 0 Å². The first-order valence-electron chi connectivity index (χ1n) is 7.24. The Morgan fingerprint density at radius 3 is 2.45 bits per heavy atom. The lowest BCUT2D eigenvalue weighted by molar-refractivity contribution is -0.127. The van der Waals surface area contributed by atoms with Crippen molar-refractivity contribution in [3.8, 4) is 0 Å². The molecule has 0 heterocycles. The van der Waals surface area contributed by atoms with Gasteiger partial charge in [-0.3, -0.25) is 9.59 Å². The van der Waals surface area contributed by atoms with E-state index in [9.17, 15) is 9.59 Å². The highest BCUT2D eigenvalue weighted by atomic mass is 16.5. The number of hydrogen-bond acceptors (Lipinski definition) is 6. The summed E-state index contributed by atoms with van der Waals surface area (Å²) in [7, 11) is 3.14. The van der Waals surface area contributed by atoms with Crippen LogP contribution in [0.15, 0.2) is 0 Å². The summed E-state index contributed by atoms with van der Waals surface area (Å²) in [5, 5.41) is 2.71. The van der Waals surface area contributed by atoms with Crippen LogP contribution in [0.1, 0.15) is 13.3 Å². The van der Waals surface area contributed by atoms with Gasteiger partial charge in [-0.15, -0.1) is 0 Å². The van der Waals surface area contributed by atoms with E-state index in [-0.39, 0.29) is 30.4 Å². The van der Waals surface area contributed by atoms with Gasteiger partial charge in [-0.05, 0) is 6.42 Å². The molecule has 0 spiro atoms. The maximum atomic E-state index is 11.5. The van der Waals surface area contributed by atoms with E-state index in [2.05, 4.69) is 5.32 Å². The Kier molecular flexibility index (Phi) is 12.7. The van der Waals surface area contributed by atoms with Crippen LogP contribution < -0.4 is 11.1 Å². The molecule has 2 atom stereocenters. The van der Waals surface area contributed by atoms with Gasteiger partial charge in [-0.1, -0.05) is 6.92 Å². The predicted molar refractivity (Wildman–Crippen MR) is 80.3 cm³/mol. The third kappa shape index (κ3) is 11.4. The van der Waals surface area contributed by atoms with Crippen molar-refractivity contribution in [1.29, 1.82) is 0 Å². The van der Waals surface area contributed by atoms with E-state index in [0.717, 1.165) is 0 Å². The quantitative estimate of drug-likeness (QED) is 0.410. The van der Waals surface area contributed by atoms with Crippen LogP contribution in [0.3, 0.4) is 0 Å². The smallest absolute Gasteiger partial charge is 0.246 e. The number of ether oxygens (including phenoxy) is 4. The molecule has 130 valence electrons. The number of amides is 2. The average molecular weight is 320 g/mol. The van der Waals surface area contributed by atoms with Gasteiger partial charge < -0.3 is 30.0 Å². The van der Waals surface area contributed by atoms with Gasteiger partial charge in [0.1, 0.15) is 12.7 Å². The molecule has 0 aliphatic rings. The van der Waals surface area contributed by atoms with Crippen molar-refractivity contribution in [2.75, 3.05) is 53.8 Å². The first kappa shape index (κ1) is 20.8. The molecular formula is C14H28N2O6. The summed E-state index contributed by atoms with van der Waals surface area (Å²) in [6, 6.07) is 0. The molecule has 2 unspecified atom stereocenters.